The zero-order chi connectivity index (χ0) is 12.3. The van der Waals surface area contributed by atoms with Gasteiger partial charge in [-0.05, 0) is 16.3 Å². The summed E-state index contributed by atoms with van der Waals surface area (Å²) in [5.41, 5.74) is 1.14. The van der Waals surface area contributed by atoms with Gasteiger partial charge in [0.1, 0.15) is 0 Å². The first-order valence-corrected chi connectivity index (χ1v) is 5.55. The van der Waals surface area contributed by atoms with E-state index in [9.17, 15) is 10.1 Å². The molecule has 0 unspecified atom stereocenters. The summed E-state index contributed by atoms with van der Waals surface area (Å²) in [7, 11) is 0. The van der Waals surface area contributed by atoms with E-state index in [1.165, 1.54) is 0 Å². The van der Waals surface area contributed by atoms with Gasteiger partial charge >= 0.3 is 0 Å². The van der Waals surface area contributed by atoms with Crippen LogP contribution in [0.2, 0.25) is 0 Å². The second-order valence-electron chi connectivity index (χ2n) is 3.81. The van der Waals surface area contributed by atoms with Gasteiger partial charge in [-0.15, -0.1) is 0 Å². The maximum atomic E-state index is 10.8. The SMILES string of the molecule is CC/C(=C\c1cccc2ccccc12)[N+](=O)[O-]. The summed E-state index contributed by atoms with van der Waals surface area (Å²) in [5.74, 6) is 0. The smallest absolute Gasteiger partial charge is 0.246 e. The van der Waals surface area contributed by atoms with Gasteiger partial charge in [0, 0.05) is 12.5 Å². The van der Waals surface area contributed by atoms with E-state index < -0.39 is 0 Å². The number of hydrogen-bond donors (Lipinski definition) is 0. The number of nitro groups is 1. The van der Waals surface area contributed by atoms with E-state index in [4.69, 9.17) is 0 Å². The minimum absolute atomic E-state index is 0.237. The number of benzene rings is 2. The molecule has 3 nitrogen and oxygen atoms in total. The summed E-state index contributed by atoms with van der Waals surface area (Å²) >= 11 is 0. The van der Waals surface area contributed by atoms with Gasteiger partial charge in [-0.3, -0.25) is 10.1 Å². The van der Waals surface area contributed by atoms with Crippen LogP contribution >= 0.6 is 0 Å². The fraction of sp³-hybridized carbons (Fsp3) is 0.143. The van der Waals surface area contributed by atoms with Crippen molar-refractivity contribution in [3.05, 3.63) is 63.8 Å². The molecule has 0 aromatic heterocycles. The molecule has 86 valence electrons. The van der Waals surface area contributed by atoms with Crippen molar-refractivity contribution in [2.45, 2.75) is 13.3 Å². The second-order valence-corrected chi connectivity index (χ2v) is 3.81. The molecule has 0 saturated carbocycles. The largest absolute Gasteiger partial charge is 0.259 e. The van der Waals surface area contributed by atoms with Crippen LogP contribution in [0.5, 0.6) is 0 Å². The Balaban J connectivity index is 2.59. The van der Waals surface area contributed by atoms with Crippen LogP contribution in [0.1, 0.15) is 18.9 Å². The highest BCUT2D eigenvalue weighted by Crippen LogP contribution is 2.21. The third-order valence-corrected chi connectivity index (χ3v) is 2.74. The maximum Gasteiger partial charge on any atom is 0.246 e. The molecule has 0 bridgehead atoms. The van der Waals surface area contributed by atoms with Crippen LogP contribution in [0, 0.1) is 10.1 Å². The predicted molar refractivity (Wildman–Crippen MR) is 69.2 cm³/mol. The van der Waals surface area contributed by atoms with Crippen molar-refractivity contribution >= 4 is 16.8 Å². The van der Waals surface area contributed by atoms with E-state index >= 15 is 0 Å². The Morgan fingerprint density at radius 1 is 1.24 bits per heavy atom. The lowest BCUT2D eigenvalue weighted by Gasteiger charge is -2.02. The monoisotopic (exact) mass is 227 g/mol. The molecule has 2 aromatic rings. The van der Waals surface area contributed by atoms with Gasteiger partial charge in [0.2, 0.25) is 5.70 Å². The lowest BCUT2D eigenvalue weighted by Crippen LogP contribution is -1.96. The van der Waals surface area contributed by atoms with Crippen molar-refractivity contribution in [3.8, 4) is 0 Å². The van der Waals surface area contributed by atoms with Gasteiger partial charge in [-0.2, -0.15) is 0 Å². The van der Waals surface area contributed by atoms with Crippen LogP contribution in [-0.2, 0) is 0 Å². The van der Waals surface area contributed by atoms with Crippen molar-refractivity contribution in [2.75, 3.05) is 0 Å². The highest BCUT2D eigenvalue weighted by molar-refractivity contribution is 5.90. The minimum Gasteiger partial charge on any atom is -0.259 e. The molecule has 0 saturated heterocycles. The number of rotatable bonds is 3. The Bertz CT molecular complexity index is 582. The Morgan fingerprint density at radius 3 is 2.65 bits per heavy atom. The quantitative estimate of drug-likeness (QED) is 0.590. The maximum absolute atomic E-state index is 10.8. The molecule has 17 heavy (non-hydrogen) atoms. The lowest BCUT2D eigenvalue weighted by atomic mass is 10.0. The first-order valence-electron chi connectivity index (χ1n) is 5.55. The summed E-state index contributed by atoms with van der Waals surface area (Å²) in [4.78, 5) is 10.5. The molecule has 0 atom stereocenters. The molecule has 3 heteroatoms. The fourth-order valence-corrected chi connectivity index (χ4v) is 1.84. The summed E-state index contributed by atoms with van der Waals surface area (Å²) in [5, 5.41) is 12.9. The normalized spacial score (nSPS) is 11.7. The van der Waals surface area contributed by atoms with Gasteiger partial charge in [0.25, 0.3) is 0 Å². The number of fused-ring (bicyclic) bond motifs is 1. The van der Waals surface area contributed by atoms with Gasteiger partial charge in [0.05, 0.1) is 4.92 Å². The molecule has 0 N–H and O–H groups in total. The van der Waals surface area contributed by atoms with Crippen molar-refractivity contribution in [1.29, 1.82) is 0 Å². The first-order chi connectivity index (χ1) is 8.22. The zero-order valence-electron chi connectivity index (χ0n) is 9.59. The summed E-state index contributed by atoms with van der Waals surface area (Å²) in [6.07, 6.45) is 2.08. The van der Waals surface area contributed by atoms with Gasteiger partial charge < -0.3 is 0 Å². The van der Waals surface area contributed by atoms with E-state index in [0.29, 0.717) is 6.42 Å². The molecule has 0 amide bonds. The molecule has 0 spiro atoms. The topological polar surface area (TPSA) is 43.1 Å². The highest BCUT2D eigenvalue weighted by atomic mass is 16.6. The Hall–Kier alpha value is -2.16. The third-order valence-electron chi connectivity index (χ3n) is 2.74. The molecule has 0 radical (unpaired) electrons. The molecule has 2 rings (SSSR count). The average molecular weight is 227 g/mol. The summed E-state index contributed by atoms with van der Waals surface area (Å²) < 4.78 is 0. The van der Waals surface area contributed by atoms with Gasteiger partial charge in [0.15, 0.2) is 0 Å². The number of hydrogen-bond acceptors (Lipinski definition) is 2. The van der Waals surface area contributed by atoms with Crippen molar-refractivity contribution in [2.24, 2.45) is 0 Å². The van der Waals surface area contributed by atoms with Crippen LogP contribution < -0.4 is 0 Å². The Morgan fingerprint density at radius 2 is 1.94 bits per heavy atom. The molecular weight excluding hydrogens is 214 g/mol. The molecule has 0 fully saturated rings. The first kappa shape index (κ1) is 11.3. The molecule has 0 aliphatic heterocycles. The van der Waals surface area contributed by atoms with E-state index in [2.05, 4.69) is 0 Å². The number of allylic oxidation sites excluding steroid dienone is 1. The van der Waals surface area contributed by atoms with Crippen LogP contribution in [0.3, 0.4) is 0 Å². The van der Waals surface area contributed by atoms with E-state index in [1.54, 1.807) is 13.0 Å². The van der Waals surface area contributed by atoms with Crippen LogP contribution in [0.25, 0.3) is 16.8 Å². The standard InChI is InChI=1S/C14H13NO2/c1-2-13(15(16)17)10-12-8-5-7-11-6-3-4-9-14(11)12/h3-10H,2H2,1H3/b13-10+. The predicted octanol–water partition coefficient (Wildman–Crippen LogP) is 3.87. The molecule has 0 aliphatic carbocycles. The second kappa shape index (κ2) is 4.78. The highest BCUT2D eigenvalue weighted by Gasteiger charge is 2.08. The van der Waals surface area contributed by atoms with Crippen LogP contribution in [0.15, 0.2) is 48.2 Å². The summed E-state index contributed by atoms with van der Waals surface area (Å²) in [6, 6.07) is 13.7. The van der Waals surface area contributed by atoms with Crippen LogP contribution in [0.4, 0.5) is 0 Å². The van der Waals surface area contributed by atoms with Gasteiger partial charge in [-0.25, -0.2) is 0 Å². The van der Waals surface area contributed by atoms with Crippen molar-refractivity contribution in [1.82, 2.24) is 0 Å². The van der Waals surface area contributed by atoms with Crippen LogP contribution in [-0.4, -0.2) is 4.92 Å². The molecular formula is C14H13NO2. The van der Waals surface area contributed by atoms with E-state index in [-0.39, 0.29) is 10.6 Å². The van der Waals surface area contributed by atoms with Crippen molar-refractivity contribution in [3.63, 3.8) is 0 Å². The third kappa shape index (κ3) is 2.33. The van der Waals surface area contributed by atoms with E-state index in [1.807, 2.05) is 42.5 Å². The number of nitrogens with zero attached hydrogens (tertiary/aromatic N) is 1. The van der Waals surface area contributed by atoms with Crippen molar-refractivity contribution < 1.29 is 4.92 Å². The summed E-state index contributed by atoms with van der Waals surface area (Å²) in [6.45, 7) is 1.79. The Labute approximate surface area is 99.5 Å². The lowest BCUT2D eigenvalue weighted by molar-refractivity contribution is -0.425. The molecule has 2 aromatic carbocycles. The minimum atomic E-state index is -0.318. The Kier molecular flexibility index (Phi) is 3.19. The molecule has 0 heterocycles. The van der Waals surface area contributed by atoms with E-state index in [0.717, 1.165) is 16.3 Å². The average Bonchev–Trinajstić information content (AvgIpc) is 2.35. The van der Waals surface area contributed by atoms with Gasteiger partial charge in [-0.1, -0.05) is 49.4 Å². The zero-order valence-corrected chi connectivity index (χ0v) is 9.59. The fourth-order valence-electron chi connectivity index (χ4n) is 1.84. The molecule has 0 aliphatic rings.